The van der Waals surface area contributed by atoms with Gasteiger partial charge in [-0.2, -0.15) is 0 Å². The van der Waals surface area contributed by atoms with E-state index >= 15 is 0 Å². The number of amides is 1. The molecule has 8 heteroatoms. The van der Waals surface area contributed by atoms with Crippen LogP contribution in [0.3, 0.4) is 0 Å². The lowest BCUT2D eigenvalue weighted by atomic mass is 10.1. The maximum atomic E-state index is 13.9. The van der Waals surface area contributed by atoms with Gasteiger partial charge in [-0.3, -0.25) is 14.7 Å². The van der Waals surface area contributed by atoms with Gasteiger partial charge in [-0.25, -0.2) is 9.37 Å². The molecule has 1 saturated heterocycles. The number of ether oxygens (including phenoxy) is 1. The molecule has 0 unspecified atom stereocenters. The Hall–Kier alpha value is -2.84. The second kappa shape index (κ2) is 9.32. The number of piperazine rings is 1. The number of hydrogen-bond donors (Lipinski definition) is 0. The Kier molecular flexibility index (Phi) is 6.35. The van der Waals surface area contributed by atoms with E-state index in [-0.39, 0.29) is 17.5 Å². The summed E-state index contributed by atoms with van der Waals surface area (Å²) in [6, 6.07) is 8.88. The number of nitrogens with zero attached hydrogens (tertiary/aromatic N) is 4. The van der Waals surface area contributed by atoms with Crippen LogP contribution in [0.25, 0.3) is 10.6 Å². The minimum Gasteiger partial charge on any atom is -0.494 e. The van der Waals surface area contributed by atoms with Crippen molar-refractivity contribution in [1.29, 1.82) is 0 Å². The van der Waals surface area contributed by atoms with Crippen molar-refractivity contribution >= 4 is 17.2 Å². The Balaban J connectivity index is 1.28. The van der Waals surface area contributed by atoms with Gasteiger partial charge in [-0.1, -0.05) is 6.07 Å². The van der Waals surface area contributed by atoms with Gasteiger partial charge < -0.3 is 9.64 Å². The third kappa shape index (κ3) is 4.83. The summed E-state index contributed by atoms with van der Waals surface area (Å²) < 4.78 is 18.9. The zero-order valence-electron chi connectivity index (χ0n) is 16.8. The normalized spacial score (nSPS) is 14.7. The smallest absolute Gasteiger partial charge is 0.228 e. The lowest BCUT2D eigenvalue weighted by Gasteiger charge is -2.34. The third-order valence-electron chi connectivity index (χ3n) is 5.14. The summed E-state index contributed by atoms with van der Waals surface area (Å²) >= 11 is 1.53. The molecule has 3 aromatic rings. The number of pyridine rings is 1. The Morgan fingerprint density at radius 2 is 2.07 bits per heavy atom. The molecular weight excluding hydrogens is 403 g/mol. The summed E-state index contributed by atoms with van der Waals surface area (Å²) in [5, 5.41) is 2.82. The molecule has 0 radical (unpaired) electrons. The van der Waals surface area contributed by atoms with Gasteiger partial charge >= 0.3 is 0 Å². The summed E-state index contributed by atoms with van der Waals surface area (Å²) in [4.78, 5) is 25.5. The van der Waals surface area contributed by atoms with Gasteiger partial charge in [0.1, 0.15) is 5.01 Å². The van der Waals surface area contributed by atoms with Crippen molar-refractivity contribution in [2.45, 2.75) is 13.0 Å². The average Bonchev–Trinajstić information content (AvgIpc) is 3.23. The molecule has 4 rings (SSSR count). The number of benzene rings is 1. The first kappa shape index (κ1) is 20.4. The molecule has 0 spiro atoms. The SMILES string of the molecule is COc1ccc(CN2CCN(C(=O)Cc3csc(-c4cccnc4)n3)CC2)cc1F. The van der Waals surface area contributed by atoms with E-state index in [1.165, 1.54) is 24.5 Å². The van der Waals surface area contributed by atoms with Gasteiger partial charge in [0, 0.05) is 56.1 Å². The van der Waals surface area contributed by atoms with E-state index < -0.39 is 0 Å². The zero-order valence-corrected chi connectivity index (χ0v) is 17.6. The zero-order chi connectivity index (χ0) is 20.9. The molecule has 0 aliphatic carbocycles. The molecule has 1 aromatic carbocycles. The molecule has 1 aliphatic heterocycles. The molecule has 1 amide bonds. The minimum absolute atomic E-state index is 0.0909. The van der Waals surface area contributed by atoms with Crippen LogP contribution in [0.5, 0.6) is 5.75 Å². The monoisotopic (exact) mass is 426 g/mol. The molecule has 0 saturated carbocycles. The molecular formula is C22H23FN4O2S. The Bertz CT molecular complexity index is 1000. The molecule has 156 valence electrons. The Morgan fingerprint density at radius 3 is 2.77 bits per heavy atom. The number of halogens is 1. The maximum Gasteiger partial charge on any atom is 0.228 e. The fourth-order valence-corrected chi connectivity index (χ4v) is 4.31. The highest BCUT2D eigenvalue weighted by Gasteiger charge is 2.22. The average molecular weight is 427 g/mol. The predicted octanol–water partition coefficient (Wildman–Crippen LogP) is 3.24. The first-order valence-electron chi connectivity index (χ1n) is 9.80. The predicted molar refractivity (Wildman–Crippen MR) is 114 cm³/mol. The van der Waals surface area contributed by atoms with Crippen LogP contribution in [0.1, 0.15) is 11.3 Å². The summed E-state index contributed by atoms with van der Waals surface area (Å²) in [7, 11) is 1.46. The minimum atomic E-state index is -0.349. The Morgan fingerprint density at radius 1 is 1.23 bits per heavy atom. The molecule has 2 aromatic heterocycles. The van der Waals surface area contributed by atoms with Crippen LogP contribution in [-0.4, -0.2) is 59.0 Å². The van der Waals surface area contributed by atoms with Crippen molar-refractivity contribution in [3.63, 3.8) is 0 Å². The number of hydrogen-bond acceptors (Lipinski definition) is 6. The topological polar surface area (TPSA) is 58.6 Å². The van der Waals surface area contributed by atoms with E-state index in [2.05, 4.69) is 14.9 Å². The summed E-state index contributed by atoms with van der Waals surface area (Å²) in [5.74, 6) is -0.00574. The second-order valence-electron chi connectivity index (χ2n) is 7.19. The van der Waals surface area contributed by atoms with Gasteiger partial charge in [0.2, 0.25) is 5.91 Å². The Labute approximate surface area is 178 Å². The molecule has 30 heavy (non-hydrogen) atoms. The van der Waals surface area contributed by atoms with Crippen LogP contribution < -0.4 is 4.74 Å². The standard InChI is InChI=1S/C22H23FN4O2S/c1-29-20-5-4-16(11-19(20)23)14-26-7-9-27(10-8-26)21(28)12-18-15-30-22(25-18)17-3-2-6-24-13-17/h2-6,11,13,15H,7-10,12,14H2,1H3. The van der Waals surface area contributed by atoms with Crippen molar-refractivity contribution in [3.8, 4) is 16.3 Å². The summed E-state index contributed by atoms with van der Waals surface area (Å²) in [6.07, 6.45) is 3.81. The van der Waals surface area contributed by atoms with Gasteiger partial charge in [-0.05, 0) is 29.8 Å². The molecule has 6 nitrogen and oxygen atoms in total. The van der Waals surface area contributed by atoms with Gasteiger partial charge in [0.05, 0.1) is 19.2 Å². The van der Waals surface area contributed by atoms with E-state index in [0.29, 0.717) is 26.1 Å². The quantitative estimate of drug-likeness (QED) is 0.606. The van der Waals surface area contributed by atoms with Crippen LogP contribution in [0, 0.1) is 5.82 Å². The van der Waals surface area contributed by atoms with Crippen molar-refractivity contribution in [2.24, 2.45) is 0 Å². The van der Waals surface area contributed by atoms with E-state index in [1.54, 1.807) is 18.5 Å². The fraction of sp³-hybridized carbons (Fsp3) is 0.318. The van der Waals surface area contributed by atoms with Gasteiger partial charge in [0.15, 0.2) is 11.6 Å². The van der Waals surface area contributed by atoms with Crippen molar-refractivity contribution in [1.82, 2.24) is 19.8 Å². The highest BCUT2D eigenvalue weighted by molar-refractivity contribution is 7.13. The summed E-state index contributed by atoms with van der Waals surface area (Å²) in [5.41, 5.74) is 2.66. The number of rotatable bonds is 6. The number of carbonyl (C=O) groups excluding carboxylic acids is 1. The lowest BCUT2D eigenvalue weighted by molar-refractivity contribution is -0.132. The van der Waals surface area contributed by atoms with E-state index in [1.807, 2.05) is 28.5 Å². The van der Waals surface area contributed by atoms with Crippen molar-refractivity contribution in [2.75, 3.05) is 33.3 Å². The fourth-order valence-electron chi connectivity index (χ4n) is 3.50. The van der Waals surface area contributed by atoms with Crippen molar-refractivity contribution in [3.05, 3.63) is 65.2 Å². The number of methoxy groups -OCH3 is 1. The van der Waals surface area contributed by atoms with Crippen LogP contribution in [0.4, 0.5) is 4.39 Å². The highest BCUT2D eigenvalue weighted by Crippen LogP contribution is 2.23. The second-order valence-corrected chi connectivity index (χ2v) is 8.05. The first-order chi connectivity index (χ1) is 14.6. The van der Waals surface area contributed by atoms with Crippen LogP contribution in [0.2, 0.25) is 0 Å². The van der Waals surface area contributed by atoms with E-state index in [4.69, 9.17) is 4.74 Å². The first-order valence-corrected chi connectivity index (χ1v) is 10.7. The van der Waals surface area contributed by atoms with E-state index in [9.17, 15) is 9.18 Å². The van der Waals surface area contributed by atoms with Crippen LogP contribution in [-0.2, 0) is 17.8 Å². The lowest BCUT2D eigenvalue weighted by Crippen LogP contribution is -2.48. The number of aromatic nitrogens is 2. The largest absolute Gasteiger partial charge is 0.494 e. The molecule has 1 aliphatic rings. The molecule has 0 bridgehead atoms. The highest BCUT2D eigenvalue weighted by atomic mass is 32.1. The van der Waals surface area contributed by atoms with Crippen LogP contribution in [0.15, 0.2) is 48.1 Å². The number of thiazole rings is 1. The number of carbonyl (C=O) groups is 1. The molecule has 3 heterocycles. The van der Waals surface area contributed by atoms with E-state index in [0.717, 1.165) is 34.9 Å². The van der Waals surface area contributed by atoms with Gasteiger partial charge in [0.25, 0.3) is 0 Å². The summed E-state index contributed by atoms with van der Waals surface area (Å²) in [6.45, 7) is 3.51. The van der Waals surface area contributed by atoms with Gasteiger partial charge in [-0.15, -0.1) is 11.3 Å². The molecule has 0 atom stereocenters. The molecule has 1 fully saturated rings. The molecule has 0 N–H and O–H groups in total. The maximum absolute atomic E-state index is 13.9. The third-order valence-corrected chi connectivity index (χ3v) is 6.08. The van der Waals surface area contributed by atoms with Crippen molar-refractivity contribution < 1.29 is 13.9 Å². The van der Waals surface area contributed by atoms with Crippen LogP contribution >= 0.6 is 11.3 Å².